The van der Waals surface area contributed by atoms with Crippen LogP contribution in [-0.4, -0.2) is 56.8 Å². The van der Waals surface area contributed by atoms with Gasteiger partial charge in [-0.3, -0.25) is 13.9 Å². The zero-order valence-electron chi connectivity index (χ0n) is 24.6. The number of anilines is 1. The third-order valence-corrected chi connectivity index (χ3v) is 8.13. The van der Waals surface area contributed by atoms with Crippen molar-refractivity contribution in [3.05, 3.63) is 89.5 Å². The normalized spacial score (nSPS) is 13.1. The summed E-state index contributed by atoms with van der Waals surface area (Å²) in [5, 5.41) is 2.99. The van der Waals surface area contributed by atoms with Gasteiger partial charge in [-0.1, -0.05) is 60.2 Å². The monoisotopic (exact) mass is 593 g/mol. The molecule has 1 unspecified atom stereocenters. The fourth-order valence-corrected chi connectivity index (χ4v) is 5.94. The standard InChI is InChI=1S/C32H39N3O6S/c1-23(2)33-32(37)28(19-25-11-6-5-7-12-25)34(21-26-13-8-10-24(3)18-26)31(36)14-9-17-35(42(4,38)39)27-15-16-29-30(20-27)41-22-40-29/h5-8,10-13,15-16,18,20,23,28H,9,14,17,19,21-22H2,1-4H3,(H,33,37). The highest BCUT2D eigenvalue weighted by atomic mass is 32.2. The van der Waals surface area contributed by atoms with Crippen LogP contribution in [0.5, 0.6) is 11.5 Å². The van der Waals surface area contributed by atoms with E-state index >= 15 is 0 Å². The summed E-state index contributed by atoms with van der Waals surface area (Å²) in [5.41, 5.74) is 3.34. The van der Waals surface area contributed by atoms with Gasteiger partial charge in [-0.15, -0.1) is 0 Å². The van der Waals surface area contributed by atoms with Gasteiger partial charge in [-0.2, -0.15) is 0 Å². The maximum Gasteiger partial charge on any atom is 0.243 e. The first-order chi connectivity index (χ1) is 20.0. The Hall–Kier alpha value is -4.05. The third kappa shape index (κ3) is 8.25. The number of ether oxygens (including phenoxy) is 2. The van der Waals surface area contributed by atoms with Crippen molar-refractivity contribution in [1.29, 1.82) is 0 Å². The zero-order chi connectivity index (χ0) is 30.3. The minimum absolute atomic E-state index is 0.0582. The maximum atomic E-state index is 13.9. The molecule has 0 spiro atoms. The molecule has 0 aliphatic carbocycles. The summed E-state index contributed by atoms with van der Waals surface area (Å²) in [4.78, 5) is 29.1. The predicted octanol–water partition coefficient (Wildman–Crippen LogP) is 4.43. The second-order valence-corrected chi connectivity index (χ2v) is 12.8. The van der Waals surface area contributed by atoms with Crippen molar-refractivity contribution in [3.8, 4) is 11.5 Å². The van der Waals surface area contributed by atoms with Crippen LogP contribution in [0.1, 0.15) is 43.4 Å². The van der Waals surface area contributed by atoms with Crippen LogP contribution in [-0.2, 0) is 32.6 Å². The van der Waals surface area contributed by atoms with Gasteiger partial charge in [-0.25, -0.2) is 8.42 Å². The van der Waals surface area contributed by atoms with E-state index in [-0.39, 0.29) is 50.6 Å². The molecule has 3 aromatic carbocycles. The molecule has 224 valence electrons. The van der Waals surface area contributed by atoms with Gasteiger partial charge in [0.1, 0.15) is 6.04 Å². The molecule has 0 saturated carbocycles. The smallest absolute Gasteiger partial charge is 0.243 e. The second-order valence-electron chi connectivity index (χ2n) is 10.9. The molecule has 0 fully saturated rings. The van der Waals surface area contributed by atoms with Crippen LogP contribution in [0.2, 0.25) is 0 Å². The van der Waals surface area contributed by atoms with E-state index in [0.29, 0.717) is 23.6 Å². The summed E-state index contributed by atoms with van der Waals surface area (Å²) >= 11 is 0. The molecule has 3 aromatic rings. The molecule has 1 aliphatic rings. The van der Waals surface area contributed by atoms with E-state index in [4.69, 9.17) is 9.47 Å². The summed E-state index contributed by atoms with van der Waals surface area (Å²) in [5.74, 6) is 0.572. The van der Waals surface area contributed by atoms with Gasteiger partial charge in [0.05, 0.1) is 11.9 Å². The molecule has 0 saturated heterocycles. The summed E-state index contributed by atoms with van der Waals surface area (Å²) in [6.07, 6.45) is 1.80. The van der Waals surface area contributed by atoms with Gasteiger partial charge in [0.2, 0.25) is 28.6 Å². The molecular weight excluding hydrogens is 554 g/mol. The number of amides is 2. The molecule has 0 radical (unpaired) electrons. The number of nitrogens with zero attached hydrogens (tertiary/aromatic N) is 2. The van der Waals surface area contributed by atoms with Crippen molar-refractivity contribution < 1.29 is 27.5 Å². The average Bonchev–Trinajstić information content (AvgIpc) is 3.40. The molecule has 0 aromatic heterocycles. The third-order valence-electron chi connectivity index (χ3n) is 6.93. The van der Waals surface area contributed by atoms with Crippen LogP contribution in [0, 0.1) is 6.92 Å². The Bertz CT molecular complexity index is 1490. The zero-order valence-corrected chi connectivity index (χ0v) is 25.4. The number of fused-ring (bicyclic) bond motifs is 1. The van der Waals surface area contributed by atoms with Gasteiger partial charge >= 0.3 is 0 Å². The van der Waals surface area contributed by atoms with E-state index in [1.54, 1.807) is 23.1 Å². The van der Waals surface area contributed by atoms with Gasteiger partial charge in [0.25, 0.3) is 0 Å². The highest BCUT2D eigenvalue weighted by Gasteiger charge is 2.31. The molecule has 1 aliphatic heterocycles. The molecule has 4 rings (SSSR count). The van der Waals surface area contributed by atoms with Crippen molar-refractivity contribution >= 4 is 27.5 Å². The van der Waals surface area contributed by atoms with Crippen molar-refractivity contribution in [2.24, 2.45) is 0 Å². The summed E-state index contributed by atoms with van der Waals surface area (Å²) in [7, 11) is -3.64. The van der Waals surface area contributed by atoms with Gasteiger partial charge in [-0.05, 0) is 50.5 Å². The number of carbonyl (C=O) groups is 2. The van der Waals surface area contributed by atoms with Crippen LogP contribution < -0.4 is 19.1 Å². The highest BCUT2D eigenvalue weighted by molar-refractivity contribution is 7.92. The number of sulfonamides is 1. The largest absolute Gasteiger partial charge is 0.454 e. The lowest BCUT2D eigenvalue weighted by Crippen LogP contribution is -2.51. The molecular formula is C32H39N3O6S. The summed E-state index contributed by atoms with van der Waals surface area (Å²) in [6.45, 7) is 6.18. The minimum atomic E-state index is -3.64. The van der Waals surface area contributed by atoms with Crippen LogP contribution in [0.3, 0.4) is 0 Å². The van der Waals surface area contributed by atoms with E-state index in [2.05, 4.69) is 5.32 Å². The maximum absolute atomic E-state index is 13.9. The number of nitrogens with one attached hydrogen (secondary N) is 1. The SMILES string of the molecule is Cc1cccc(CN(C(=O)CCCN(c2ccc3c(c2)OCO3)S(C)(=O)=O)C(Cc2ccccc2)C(=O)NC(C)C)c1. The average molecular weight is 594 g/mol. The lowest BCUT2D eigenvalue weighted by Gasteiger charge is -2.32. The second kappa shape index (κ2) is 13.7. The van der Waals surface area contributed by atoms with Crippen LogP contribution in [0.4, 0.5) is 5.69 Å². The van der Waals surface area contributed by atoms with Gasteiger partial charge < -0.3 is 19.7 Å². The van der Waals surface area contributed by atoms with Gasteiger partial charge in [0.15, 0.2) is 11.5 Å². The molecule has 9 nitrogen and oxygen atoms in total. The lowest BCUT2D eigenvalue weighted by atomic mass is 10.0. The number of rotatable bonds is 13. The molecule has 1 heterocycles. The topological polar surface area (TPSA) is 105 Å². The minimum Gasteiger partial charge on any atom is -0.454 e. The Morgan fingerprint density at radius 3 is 2.33 bits per heavy atom. The lowest BCUT2D eigenvalue weighted by molar-refractivity contribution is -0.141. The van der Waals surface area contributed by atoms with E-state index in [1.165, 1.54) is 4.31 Å². The van der Waals surface area contributed by atoms with Gasteiger partial charge in [0, 0.05) is 38.0 Å². The molecule has 42 heavy (non-hydrogen) atoms. The quantitative estimate of drug-likeness (QED) is 0.314. The Balaban J connectivity index is 1.57. The highest BCUT2D eigenvalue weighted by Crippen LogP contribution is 2.36. The van der Waals surface area contributed by atoms with E-state index in [9.17, 15) is 18.0 Å². The van der Waals surface area contributed by atoms with E-state index in [0.717, 1.165) is 22.9 Å². The Morgan fingerprint density at radius 2 is 1.64 bits per heavy atom. The van der Waals surface area contributed by atoms with Crippen molar-refractivity contribution in [3.63, 3.8) is 0 Å². The van der Waals surface area contributed by atoms with Crippen LogP contribution >= 0.6 is 0 Å². The Kier molecular flexibility index (Phi) is 10.1. The Morgan fingerprint density at radius 1 is 0.929 bits per heavy atom. The number of hydrogen-bond acceptors (Lipinski definition) is 6. The van der Waals surface area contributed by atoms with Crippen molar-refractivity contribution in [2.45, 2.75) is 58.7 Å². The first kappa shape index (κ1) is 30.9. The molecule has 10 heteroatoms. The van der Waals surface area contributed by atoms with Crippen molar-refractivity contribution in [2.75, 3.05) is 23.9 Å². The summed E-state index contributed by atoms with van der Waals surface area (Å²) < 4.78 is 37.5. The number of aryl methyl sites for hydroxylation is 1. The predicted molar refractivity (Wildman–Crippen MR) is 163 cm³/mol. The molecule has 1 atom stereocenters. The van der Waals surface area contributed by atoms with Crippen LogP contribution in [0.15, 0.2) is 72.8 Å². The fourth-order valence-electron chi connectivity index (χ4n) is 4.99. The van der Waals surface area contributed by atoms with E-state index in [1.807, 2.05) is 75.4 Å². The molecule has 0 bridgehead atoms. The first-order valence-electron chi connectivity index (χ1n) is 14.1. The molecule has 2 amide bonds. The van der Waals surface area contributed by atoms with Crippen LogP contribution in [0.25, 0.3) is 0 Å². The number of carbonyl (C=O) groups excluding carboxylic acids is 2. The van der Waals surface area contributed by atoms with Crippen molar-refractivity contribution in [1.82, 2.24) is 10.2 Å². The van der Waals surface area contributed by atoms with E-state index < -0.39 is 16.1 Å². The fraction of sp³-hybridized carbons (Fsp3) is 0.375. The number of hydrogen-bond donors (Lipinski definition) is 1. The summed E-state index contributed by atoms with van der Waals surface area (Å²) in [6, 6.07) is 21.6. The molecule has 1 N–H and O–H groups in total. The Labute approximate surface area is 248 Å². The number of benzene rings is 3. The first-order valence-corrected chi connectivity index (χ1v) is 15.9.